The molecule has 33 heavy (non-hydrogen) atoms. The Morgan fingerprint density at radius 1 is 0.970 bits per heavy atom. The summed E-state index contributed by atoms with van der Waals surface area (Å²) >= 11 is 0. The number of ether oxygens (including phenoxy) is 1. The highest BCUT2D eigenvalue weighted by atomic mass is 16.5. The van der Waals surface area contributed by atoms with Crippen molar-refractivity contribution in [3.8, 4) is 11.4 Å². The number of urea groups is 1. The third kappa shape index (κ3) is 3.98. The molecule has 1 aromatic heterocycles. The van der Waals surface area contributed by atoms with Crippen LogP contribution in [0, 0.1) is 0 Å². The maximum Gasteiger partial charge on any atom is 0.322 e. The highest BCUT2D eigenvalue weighted by molar-refractivity contribution is 5.90. The number of carbonyl (C=O) groups excluding carboxylic acids is 1. The molecule has 1 aliphatic rings. The Morgan fingerprint density at radius 2 is 1.73 bits per heavy atom. The van der Waals surface area contributed by atoms with E-state index in [1.54, 1.807) is 7.11 Å². The van der Waals surface area contributed by atoms with E-state index in [1.807, 2.05) is 47.4 Å². The van der Waals surface area contributed by atoms with Gasteiger partial charge in [0.05, 0.1) is 25.4 Å². The number of hydrogen-bond acceptors (Lipinski definition) is 2. The van der Waals surface area contributed by atoms with E-state index >= 15 is 0 Å². The number of nitrogens with one attached hydrogen (secondary N) is 1. The van der Waals surface area contributed by atoms with Gasteiger partial charge in [0.25, 0.3) is 0 Å². The summed E-state index contributed by atoms with van der Waals surface area (Å²) in [4.78, 5) is 15.6. The van der Waals surface area contributed by atoms with E-state index in [2.05, 4.69) is 65.5 Å². The number of para-hydroxylation sites is 1. The van der Waals surface area contributed by atoms with E-state index in [0.717, 1.165) is 40.4 Å². The lowest BCUT2D eigenvalue weighted by Crippen LogP contribution is -2.37. The summed E-state index contributed by atoms with van der Waals surface area (Å²) < 4.78 is 7.45. The average molecular weight is 438 g/mol. The molecule has 3 aromatic carbocycles. The SMILES string of the molecule is CCc1ccc([C@@H]2c3cccn3-c3ccccc3CN2C(=O)Nc2ccc(OC)cc2)cc1. The number of methoxy groups -OCH3 is 1. The van der Waals surface area contributed by atoms with E-state index < -0.39 is 0 Å². The molecule has 4 aromatic rings. The Balaban J connectivity index is 1.58. The minimum Gasteiger partial charge on any atom is -0.497 e. The van der Waals surface area contributed by atoms with Crippen LogP contribution in [0.3, 0.4) is 0 Å². The molecule has 1 aliphatic heterocycles. The summed E-state index contributed by atoms with van der Waals surface area (Å²) in [5, 5.41) is 3.09. The lowest BCUT2D eigenvalue weighted by molar-refractivity contribution is 0.194. The van der Waals surface area contributed by atoms with Crippen molar-refractivity contribution in [3.63, 3.8) is 0 Å². The first-order chi connectivity index (χ1) is 16.2. The Bertz CT molecular complexity index is 1260. The first-order valence-corrected chi connectivity index (χ1v) is 11.2. The highest BCUT2D eigenvalue weighted by Crippen LogP contribution is 2.37. The van der Waals surface area contributed by atoms with Gasteiger partial charge in [-0.2, -0.15) is 0 Å². The number of aryl methyl sites for hydroxylation is 1. The Hall–Kier alpha value is -3.99. The van der Waals surface area contributed by atoms with Gasteiger partial charge in [0.15, 0.2) is 0 Å². The number of aromatic nitrogens is 1. The second-order valence-electron chi connectivity index (χ2n) is 8.22. The molecule has 0 bridgehead atoms. The molecule has 5 heteroatoms. The van der Waals surface area contributed by atoms with Crippen molar-refractivity contribution in [3.05, 3.63) is 114 Å². The number of amides is 2. The Labute approximate surface area is 194 Å². The average Bonchev–Trinajstić information content (AvgIpc) is 3.29. The fourth-order valence-corrected chi connectivity index (χ4v) is 4.50. The first-order valence-electron chi connectivity index (χ1n) is 11.2. The van der Waals surface area contributed by atoms with Crippen LogP contribution >= 0.6 is 0 Å². The van der Waals surface area contributed by atoms with E-state index in [0.29, 0.717) is 6.54 Å². The van der Waals surface area contributed by atoms with Gasteiger partial charge in [-0.1, -0.05) is 49.4 Å². The first kappa shape index (κ1) is 20.9. The molecular formula is C28H27N3O2. The minimum absolute atomic E-state index is 0.144. The lowest BCUT2D eigenvalue weighted by atomic mass is 10.00. The van der Waals surface area contributed by atoms with Crippen LogP contribution in [0.1, 0.15) is 35.3 Å². The third-order valence-electron chi connectivity index (χ3n) is 6.27. The van der Waals surface area contributed by atoms with Gasteiger partial charge in [-0.25, -0.2) is 4.79 Å². The molecule has 1 atom stereocenters. The molecule has 0 fully saturated rings. The second kappa shape index (κ2) is 8.87. The summed E-state index contributed by atoms with van der Waals surface area (Å²) in [5.41, 5.74) is 6.37. The second-order valence-corrected chi connectivity index (χ2v) is 8.22. The van der Waals surface area contributed by atoms with Crippen molar-refractivity contribution in [2.24, 2.45) is 0 Å². The largest absolute Gasteiger partial charge is 0.497 e. The lowest BCUT2D eigenvalue weighted by Gasteiger charge is -2.31. The zero-order valence-electron chi connectivity index (χ0n) is 18.9. The van der Waals surface area contributed by atoms with Gasteiger partial charge in [0.1, 0.15) is 5.75 Å². The van der Waals surface area contributed by atoms with Crippen LogP contribution in [0.4, 0.5) is 10.5 Å². The highest BCUT2D eigenvalue weighted by Gasteiger charge is 2.33. The summed E-state index contributed by atoms with van der Waals surface area (Å²) in [6.45, 7) is 2.65. The Morgan fingerprint density at radius 3 is 2.45 bits per heavy atom. The fourth-order valence-electron chi connectivity index (χ4n) is 4.50. The number of nitrogens with zero attached hydrogens (tertiary/aromatic N) is 2. The third-order valence-corrected chi connectivity index (χ3v) is 6.27. The normalized spacial score (nSPS) is 14.7. The van der Waals surface area contributed by atoms with Crippen LogP contribution in [-0.2, 0) is 13.0 Å². The number of anilines is 1. The van der Waals surface area contributed by atoms with E-state index in [1.165, 1.54) is 5.56 Å². The minimum atomic E-state index is -0.225. The van der Waals surface area contributed by atoms with Crippen LogP contribution in [0.15, 0.2) is 91.1 Å². The van der Waals surface area contributed by atoms with Crippen LogP contribution < -0.4 is 10.1 Å². The van der Waals surface area contributed by atoms with Crippen molar-refractivity contribution in [2.45, 2.75) is 25.9 Å². The van der Waals surface area contributed by atoms with Crippen LogP contribution in [-0.4, -0.2) is 22.6 Å². The molecule has 5 nitrogen and oxygen atoms in total. The summed E-state index contributed by atoms with van der Waals surface area (Å²) in [6, 6.07) is 28.1. The van der Waals surface area contributed by atoms with Crippen molar-refractivity contribution in [1.82, 2.24) is 9.47 Å². The van der Waals surface area contributed by atoms with Crippen molar-refractivity contribution < 1.29 is 9.53 Å². The van der Waals surface area contributed by atoms with Gasteiger partial charge >= 0.3 is 6.03 Å². The molecule has 2 amide bonds. The number of benzene rings is 3. The molecule has 0 saturated heterocycles. The monoisotopic (exact) mass is 437 g/mol. The topological polar surface area (TPSA) is 46.5 Å². The van der Waals surface area contributed by atoms with Crippen LogP contribution in [0.5, 0.6) is 5.75 Å². The van der Waals surface area contributed by atoms with Crippen molar-refractivity contribution >= 4 is 11.7 Å². The summed E-state index contributed by atoms with van der Waals surface area (Å²) in [6.07, 6.45) is 3.06. The Kier molecular flexibility index (Phi) is 5.61. The summed E-state index contributed by atoms with van der Waals surface area (Å²) in [7, 11) is 1.63. The van der Waals surface area contributed by atoms with Gasteiger partial charge in [-0.3, -0.25) is 0 Å². The smallest absolute Gasteiger partial charge is 0.322 e. The van der Waals surface area contributed by atoms with Gasteiger partial charge < -0.3 is 19.5 Å². The molecule has 0 spiro atoms. The predicted octanol–water partition coefficient (Wildman–Crippen LogP) is 6.19. The van der Waals surface area contributed by atoms with Gasteiger partial charge in [-0.05, 0) is 65.6 Å². The molecule has 0 aliphatic carbocycles. The molecule has 5 rings (SSSR count). The number of carbonyl (C=O) groups is 1. The van der Waals surface area contributed by atoms with E-state index in [9.17, 15) is 4.79 Å². The van der Waals surface area contributed by atoms with E-state index in [4.69, 9.17) is 4.74 Å². The number of rotatable bonds is 4. The van der Waals surface area contributed by atoms with Gasteiger partial charge in [-0.15, -0.1) is 0 Å². The predicted molar refractivity (Wildman–Crippen MR) is 131 cm³/mol. The molecule has 1 N–H and O–H groups in total. The maximum atomic E-state index is 13.7. The zero-order chi connectivity index (χ0) is 22.8. The molecule has 0 saturated carbocycles. The van der Waals surface area contributed by atoms with E-state index in [-0.39, 0.29) is 12.1 Å². The quantitative estimate of drug-likeness (QED) is 0.414. The van der Waals surface area contributed by atoms with Crippen LogP contribution in [0.25, 0.3) is 5.69 Å². The summed E-state index contributed by atoms with van der Waals surface area (Å²) in [5.74, 6) is 0.753. The maximum absolute atomic E-state index is 13.7. The van der Waals surface area contributed by atoms with Crippen molar-refractivity contribution in [1.29, 1.82) is 0 Å². The molecule has 0 unspecified atom stereocenters. The van der Waals surface area contributed by atoms with Gasteiger partial charge in [0.2, 0.25) is 0 Å². The number of hydrogen-bond donors (Lipinski definition) is 1. The fraction of sp³-hybridized carbons (Fsp3) is 0.179. The van der Waals surface area contributed by atoms with Crippen molar-refractivity contribution in [2.75, 3.05) is 12.4 Å². The standard InChI is InChI=1S/C28H27N3O2/c1-3-20-10-12-21(13-11-20)27-26-9-6-18-30(26)25-8-5-4-7-22(25)19-31(27)28(32)29-23-14-16-24(33-2)17-15-23/h4-18,27H,3,19H2,1-2H3,(H,29,32)/t27-/m1/s1. The molecule has 0 radical (unpaired) electrons. The van der Waals surface area contributed by atoms with Gasteiger partial charge in [0, 0.05) is 17.6 Å². The molecule has 2 heterocycles. The molecular weight excluding hydrogens is 410 g/mol. The molecule has 166 valence electrons. The zero-order valence-corrected chi connectivity index (χ0v) is 18.9. The van der Waals surface area contributed by atoms with Crippen LogP contribution in [0.2, 0.25) is 0 Å². The number of fused-ring (bicyclic) bond motifs is 3.